The van der Waals surface area contributed by atoms with Crippen LogP contribution in [0, 0.1) is 29.5 Å². The van der Waals surface area contributed by atoms with E-state index in [0.29, 0.717) is 11.3 Å². The van der Waals surface area contributed by atoms with Gasteiger partial charge in [0.25, 0.3) is 0 Å². The van der Waals surface area contributed by atoms with Crippen LogP contribution in [0.4, 0.5) is 4.39 Å². The highest BCUT2D eigenvalue weighted by molar-refractivity contribution is 6.00. The van der Waals surface area contributed by atoms with Gasteiger partial charge in [-0.05, 0) is 29.0 Å². The molecule has 0 aliphatic heterocycles. The fraction of sp³-hybridized carbons (Fsp3) is 0.0455. The van der Waals surface area contributed by atoms with Crippen molar-refractivity contribution in [1.29, 1.82) is 5.26 Å². The van der Waals surface area contributed by atoms with Gasteiger partial charge < -0.3 is 4.74 Å². The van der Waals surface area contributed by atoms with Gasteiger partial charge in [0, 0.05) is 11.1 Å². The predicted molar refractivity (Wildman–Crippen MR) is 98.2 cm³/mol. The number of ether oxygens (including phenoxy) is 1. The fourth-order valence-corrected chi connectivity index (χ4v) is 2.66. The molecule has 0 aromatic heterocycles. The number of benzene rings is 3. The number of rotatable bonds is 4. The molecule has 0 heterocycles. The second kappa shape index (κ2) is 7.34. The molecule has 0 saturated carbocycles. The van der Waals surface area contributed by atoms with Crippen molar-refractivity contribution >= 4 is 22.4 Å². The number of allylic oxidation sites excluding steroid dienone is 1. The first-order valence-corrected chi connectivity index (χ1v) is 7.69. The zero-order valence-electron chi connectivity index (χ0n) is 13.4. The Morgan fingerprint density at radius 2 is 1.84 bits per heavy atom. The summed E-state index contributed by atoms with van der Waals surface area (Å²) in [6.07, 6.45) is 6.93. The second-order valence-corrected chi connectivity index (χ2v) is 5.34. The lowest BCUT2D eigenvalue weighted by atomic mass is 9.98. The number of hydrogen-bond donors (Lipinski definition) is 0. The van der Waals surface area contributed by atoms with Gasteiger partial charge in [-0.1, -0.05) is 54.5 Å². The summed E-state index contributed by atoms with van der Waals surface area (Å²) >= 11 is 0. The molecule has 25 heavy (non-hydrogen) atoms. The van der Waals surface area contributed by atoms with Crippen molar-refractivity contribution in [3.63, 3.8) is 0 Å². The minimum absolute atomic E-state index is 0.112. The molecule has 2 nitrogen and oxygen atoms in total. The van der Waals surface area contributed by atoms with Gasteiger partial charge in [-0.25, -0.2) is 4.39 Å². The molecule has 0 N–H and O–H groups in total. The van der Waals surface area contributed by atoms with E-state index in [9.17, 15) is 9.65 Å². The quantitative estimate of drug-likeness (QED) is 0.381. The minimum Gasteiger partial charge on any atom is -0.480 e. The highest BCUT2D eigenvalue weighted by atomic mass is 19.1. The molecule has 0 aliphatic rings. The van der Waals surface area contributed by atoms with Crippen LogP contribution in [0.1, 0.15) is 11.1 Å². The first-order chi connectivity index (χ1) is 12.2. The third-order valence-corrected chi connectivity index (χ3v) is 3.81. The van der Waals surface area contributed by atoms with Gasteiger partial charge in [0.05, 0.1) is 11.6 Å². The van der Waals surface area contributed by atoms with Gasteiger partial charge >= 0.3 is 0 Å². The topological polar surface area (TPSA) is 33.0 Å². The molecule has 0 atom stereocenters. The third-order valence-electron chi connectivity index (χ3n) is 3.81. The number of hydrogen-bond acceptors (Lipinski definition) is 2. The Morgan fingerprint density at radius 3 is 2.60 bits per heavy atom. The van der Waals surface area contributed by atoms with Crippen molar-refractivity contribution in [2.75, 3.05) is 6.61 Å². The van der Waals surface area contributed by atoms with E-state index in [0.717, 1.165) is 10.8 Å². The van der Waals surface area contributed by atoms with E-state index < -0.39 is 5.82 Å². The summed E-state index contributed by atoms with van der Waals surface area (Å²) in [4.78, 5) is 0. The summed E-state index contributed by atoms with van der Waals surface area (Å²) in [5.41, 5.74) is 1.17. The molecular formula is C22H14FNO. The van der Waals surface area contributed by atoms with Crippen molar-refractivity contribution in [1.82, 2.24) is 0 Å². The van der Waals surface area contributed by atoms with Crippen molar-refractivity contribution < 1.29 is 9.13 Å². The number of fused-ring (bicyclic) bond motifs is 1. The molecular weight excluding hydrogens is 313 g/mol. The highest BCUT2D eigenvalue weighted by Gasteiger charge is 2.11. The average Bonchev–Trinajstić information content (AvgIpc) is 2.65. The second-order valence-electron chi connectivity index (χ2n) is 5.34. The average molecular weight is 327 g/mol. The molecule has 0 aliphatic carbocycles. The molecule has 0 amide bonds. The summed E-state index contributed by atoms with van der Waals surface area (Å²) in [7, 11) is 0. The van der Waals surface area contributed by atoms with Crippen molar-refractivity contribution in [3.8, 4) is 24.2 Å². The van der Waals surface area contributed by atoms with Gasteiger partial charge in [0.2, 0.25) is 0 Å². The van der Waals surface area contributed by atoms with E-state index in [1.807, 2.05) is 36.4 Å². The normalized spacial score (nSPS) is 10.9. The lowest BCUT2D eigenvalue weighted by Crippen LogP contribution is -1.97. The zero-order chi connectivity index (χ0) is 17.6. The van der Waals surface area contributed by atoms with E-state index in [-0.39, 0.29) is 17.7 Å². The molecule has 0 spiro atoms. The molecule has 3 rings (SSSR count). The lowest BCUT2D eigenvalue weighted by Gasteiger charge is -2.11. The maximum atomic E-state index is 14.1. The Kier molecular flexibility index (Phi) is 4.79. The SMILES string of the molecule is C#CCOc1ccc2ccccc2c1C=C(C#N)c1ccccc1F. The van der Waals surface area contributed by atoms with Crippen molar-refractivity contribution in [2.24, 2.45) is 0 Å². The standard InChI is InChI=1S/C22H14FNO/c1-2-13-25-22-12-11-16-7-3-4-8-18(16)20(22)14-17(15-24)19-9-5-6-10-21(19)23/h1,3-12,14H,13H2. The van der Waals surface area contributed by atoms with Crippen LogP contribution in [0.2, 0.25) is 0 Å². The number of nitriles is 1. The Morgan fingerprint density at radius 1 is 1.08 bits per heavy atom. The molecule has 0 unspecified atom stereocenters. The van der Waals surface area contributed by atoms with Crippen molar-refractivity contribution in [2.45, 2.75) is 0 Å². The maximum absolute atomic E-state index is 14.1. The smallest absolute Gasteiger partial charge is 0.148 e. The minimum atomic E-state index is -0.443. The predicted octanol–water partition coefficient (Wildman–Crippen LogP) is 5.06. The number of nitrogens with zero attached hydrogens (tertiary/aromatic N) is 1. The summed E-state index contributed by atoms with van der Waals surface area (Å²) in [5.74, 6) is 2.54. The van der Waals surface area contributed by atoms with Gasteiger partial charge in [-0.3, -0.25) is 0 Å². The largest absolute Gasteiger partial charge is 0.480 e. The lowest BCUT2D eigenvalue weighted by molar-refractivity contribution is 0.370. The van der Waals surface area contributed by atoms with Crippen LogP contribution >= 0.6 is 0 Å². The van der Waals surface area contributed by atoms with Crippen LogP contribution in [-0.2, 0) is 0 Å². The molecule has 0 radical (unpaired) electrons. The van der Waals surface area contributed by atoms with Crippen LogP contribution in [0.15, 0.2) is 60.7 Å². The fourth-order valence-electron chi connectivity index (χ4n) is 2.66. The highest BCUT2D eigenvalue weighted by Crippen LogP contribution is 2.32. The van der Waals surface area contributed by atoms with E-state index in [1.54, 1.807) is 24.3 Å². The van der Waals surface area contributed by atoms with E-state index in [4.69, 9.17) is 11.2 Å². The number of halogens is 1. The summed E-state index contributed by atoms with van der Waals surface area (Å²) in [5, 5.41) is 11.4. The molecule has 3 aromatic carbocycles. The van der Waals surface area contributed by atoms with E-state index >= 15 is 0 Å². The number of terminal acetylenes is 1. The van der Waals surface area contributed by atoms with Gasteiger partial charge in [-0.15, -0.1) is 6.42 Å². The van der Waals surface area contributed by atoms with Gasteiger partial charge in [0.1, 0.15) is 18.2 Å². The third kappa shape index (κ3) is 3.37. The van der Waals surface area contributed by atoms with Crippen LogP contribution in [0.5, 0.6) is 5.75 Å². The van der Waals surface area contributed by atoms with E-state index in [1.165, 1.54) is 6.07 Å². The van der Waals surface area contributed by atoms with Crippen LogP contribution in [0.3, 0.4) is 0 Å². The Bertz CT molecular complexity index is 1040. The molecule has 0 saturated heterocycles. The first-order valence-electron chi connectivity index (χ1n) is 7.69. The van der Waals surface area contributed by atoms with Crippen LogP contribution in [0.25, 0.3) is 22.4 Å². The summed E-state index contributed by atoms with van der Waals surface area (Å²) < 4.78 is 19.7. The molecule has 3 aromatic rings. The molecule has 0 bridgehead atoms. The van der Waals surface area contributed by atoms with Gasteiger partial charge in [-0.2, -0.15) is 5.26 Å². The monoisotopic (exact) mass is 327 g/mol. The molecule has 0 fully saturated rings. The molecule has 120 valence electrons. The Hall–Kier alpha value is -3.56. The van der Waals surface area contributed by atoms with Crippen molar-refractivity contribution in [3.05, 3.63) is 77.6 Å². The van der Waals surface area contributed by atoms with Crippen LogP contribution in [-0.4, -0.2) is 6.61 Å². The maximum Gasteiger partial charge on any atom is 0.148 e. The van der Waals surface area contributed by atoms with Crippen LogP contribution < -0.4 is 4.74 Å². The first kappa shape index (κ1) is 16.3. The summed E-state index contributed by atoms with van der Waals surface area (Å²) in [6.45, 7) is 0.112. The Balaban J connectivity index is 2.24. The van der Waals surface area contributed by atoms with Gasteiger partial charge in [0.15, 0.2) is 0 Å². The Labute approximate surface area is 145 Å². The summed E-state index contributed by atoms with van der Waals surface area (Å²) in [6, 6.07) is 19.7. The van der Waals surface area contributed by atoms with E-state index in [2.05, 4.69) is 12.0 Å². The molecule has 3 heteroatoms. The zero-order valence-corrected chi connectivity index (χ0v) is 13.4.